The van der Waals surface area contributed by atoms with E-state index in [1.165, 1.54) is 6.20 Å². The van der Waals surface area contributed by atoms with Crippen molar-refractivity contribution in [3.63, 3.8) is 0 Å². The van der Waals surface area contributed by atoms with E-state index in [4.69, 9.17) is 4.74 Å². The van der Waals surface area contributed by atoms with E-state index in [1.54, 1.807) is 6.92 Å². The lowest BCUT2D eigenvalue weighted by molar-refractivity contribution is 0.0512. The number of ether oxygens (including phenoxy) is 1. The maximum atomic E-state index is 11.6. The van der Waals surface area contributed by atoms with Crippen molar-refractivity contribution >= 4 is 27.7 Å². The summed E-state index contributed by atoms with van der Waals surface area (Å²) < 4.78 is 5.46. The van der Waals surface area contributed by atoms with Crippen molar-refractivity contribution in [1.29, 1.82) is 0 Å². The number of carbonyl (C=O) groups excluding carboxylic acids is 1. The second kappa shape index (κ2) is 6.99. The quantitative estimate of drug-likeness (QED) is 0.796. The van der Waals surface area contributed by atoms with Crippen molar-refractivity contribution in [1.82, 2.24) is 9.97 Å². The second-order valence-corrected chi connectivity index (χ2v) is 6.23. The highest BCUT2D eigenvalue weighted by atomic mass is 79.9. The Morgan fingerprint density at radius 1 is 1.55 bits per heavy atom. The van der Waals surface area contributed by atoms with Crippen molar-refractivity contribution in [2.75, 3.05) is 18.5 Å². The summed E-state index contributed by atoms with van der Waals surface area (Å²) in [6.07, 6.45) is 0.931. The van der Waals surface area contributed by atoms with E-state index >= 15 is 0 Å². The van der Waals surface area contributed by atoms with Crippen LogP contribution in [0.1, 0.15) is 38.3 Å². The molecule has 0 amide bonds. The zero-order valence-electron chi connectivity index (χ0n) is 12.1. The first-order valence-corrected chi connectivity index (χ1v) is 7.16. The molecule has 0 aliphatic heterocycles. The van der Waals surface area contributed by atoms with Crippen LogP contribution in [0.25, 0.3) is 0 Å². The van der Waals surface area contributed by atoms with Crippen LogP contribution in [0.3, 0.4) is 0 Å². The number of carbonyl (C=O) groups is 1. The molecular weight excluding hydrogens is 326 g/mol. The van der Waals surface area contributed by atoms with Crippen molar-refractivity contribution in [2.45, 2.75) is 33.8 Å². The number of nitrogens with zero attached hydrogens (tertiary/aromatic N) is 2. The molecule has 1 aromatic heterocycles. The summed E-state index contributed by atoms with van der Waals surface area (Å²) in [5, 5.41) is 13.0. The molecule has 1 aromatic rings. The number of aliphatic hydroxyl groups is 1. The van der Waals surface area contributed by atoms with Gasteiger partial charge in [-0.3, -0.25) is 0 Å². The van der Waals surface area contributed by atoms with E-state index < -0.39 is 12.1 Å². The number of aromatic nitrogens is 2. The fourth-order valence-corrected chi connectivity index (χ4v) is 1.62. The molecule has 7 heteroatoms. The Bertz CT molecular complexity index is 474. The van der Waals surface area contributed by atoms with E-state index in [0.717, 1.165) is 0 Å². The predicted molar refractivity (Wildman–Crippen MR) is 79.6 cm³/mol. The molecule has 0 aliphatic rings. The highest BCUT2D eigenvalue weighted by molar-refractivity contribution is 9.10. The highest BCUT2D eigenvalue weighted by Gasteiger charge is 2.22. The van der Waals surface area contributed by atoms with Crippen LogP contribution in [-0.4, -0.2) is 40.3 Å². The molecule has 0 aliphatic carbocycles. The minimum atomic E-state index is -0.570. The molecule has 2 N–H and O–H groups in total. The van der Waals surface area contributed by atoms with Gasteiger partial charge in [0.25, 0.3) is 0 Å². The minimum absolute atomic E-state index is 0.0113. The van der Waals surface area contributed by atoms with Crippen LogP contribution in [0.5, 0.6) is 0 Å². The first kappa shape index (κ1) is 16.8. The van der Waals surface area contributed by atoms with Crippen LogP contribution in [0.4, 0.5) is 5.82 Å². The van der Waals surface area contributed by atoms with Crippen LogP contribution in [0.2, 0.25) is 0 Å². The molecule has 0 aromatic carbocycles. The Kier molecular flexibility index (Phi) is 5.88. The second-order valence-electron chi connectivity index (χ2n) is 5.37. The molecule has 0 saturated heterocycles. The molecule has 20 heavy (non-hydrogen) atoms. The zero-order valence-corrected chi connectivity index (χ0v) is 13.7. The molecule has 0 spiro atoms. The number of rotatable bonds is 5. The van der Waals surface area contributed by atoms with Gasteiger partial charge >= 0.3 is 5.97 Å². The molecular formula is C13H20BrN3O3. The number of nitrogens with one attached hydrogen (secondary N) is 1. The number of hydrogen-bond acceptors (Lipinski definition) is 6. The third kappa shape index (κ3) is 4.72. The standard InChI is InChI=1S/C13H20BrN3O3/c1-5-20-12(19)11-15-6-8(14)10(17-11)16-7-9(18)13(2,3)4/h6,9,18H,5,7H2,1-4H3,(H,15,16,17). The molecule has 1 heterocycles. The molecule has 0 saturated carbocycles. The number of esters is 1. The largest absolute Gasteiger partial charge is 0.460 e. The lowest BCUT2D eigenvalue weighted by Crippen LogP contribution is -2.33. The summed E-state index contributed by atoms with van der Waals surface area (Å²) in [7, 11) is 0. The monoisotopic (exact) mass is 345 g/mol. The highest BCUT2D eigenvalue weighted by Crippen LogP contribution is 2.22. The molecule has 0 radical (unpaired) electrons. The van der Waals surface area contributed by atoms with Gasteiger partial charge in [0.15, 0.2) is 0 Å². The predicted octanol–water partition coefficient (Wildman–Crippen LogP) is 2.23. The molecule has 112 valence electrons. The third-order valence-corrected chi connectivity index (χ3v) is 3.24. The molecule has 6 nitrogen and oxygen atoms in total. The lowest BCUT2D eigenvalue weighted by atomic mass is 9.89. The summed E-state index contributed by atoms with van der Waals surface area (Å²) in [5.41, 5.74) is -0.240. The van der Waals surface area contributed by atoms with Gasteiger partial charge < -0.3 is 15.2 Å². The molecule has 0 bridgehead atoms. The van der Waals surface area contributed by atoms with Crippen molar-refractivity contribution in [2.24, 2.45) is 5.41 Å². The Hall–Kier alpha value is -1.21. The van der Waals surface area contributed by atoms with Gasteiger partial charge in [-0.25, -0.2) is 14.8 Å². The summed E-state index contributed by atoms with van der Waals surface area (Å²) in [6, 6.07) is 0. The first-order chi connectivity index (χ1) is 9.25. The van der Waals surface area contributed by atoms with Gasteiger partial charge in [0, 0.05) is 12.7 Å². The van der Waals surface area contributed by atoms with Gasteiger partial charge in [0.05, 0.1) is 17.2 Å². The number of halogens is 1. The summed E-state index contributed by atoms with van der Waals surface area (Å²) >= 11 is 3.30. The van der Waals surface area contributed by atoms with Gasteiger partial charge in [-0.15, -0.1) is 0 Å². The Morgan fingerprint density at radius 2 is 2.20 bits per heavy atom. The van der Waals surface area contributed by atoms with Gasteiger partial charge in [0.2, 0.25) is 5.82 Å². The number of hydrogen-bond donors (Lipinski definition) is 2. The van der Waals surface area contributed by atoms with Gasteiger partial charge in [0.1, 0.15) is 5.82 Å². The first-order valence-electron chi connectivity index (χ1n) is 6.37. The Labute approximate surface area is 127 Å². The smallest absolute Gasteiger partial charge is 0.376 e. The van der Waals surface area contributed by atoms with Crippen LogP contribution in [0, 0.1) is 5.41 Å². The molecule has 1 atom stereocenters. The van der Waals surface area contributed by atoms with Crippen molar-refractivity contribution in [3.05, 3.63) is 16.5 Å². The molecule has 0 fully saturated rings. The van der Waals surface area contributed by atoms with E-state index in [0.29, 0.717) is 16.8 Å². The minimum Gasteiger partial charge on any atom is -0.460 e. The average Bonchev–Trinajstić information content (AvgIpc) is 2.36. The van der Waals surface area contributed by atoms with E-state index in [9.17, 15) is 9.90 Å². The topological polar surface area (TPSA) is 84.3 Å². The summed E-state index contributed by atoms with van der Waals surface area (Å²) in [5.74, 6) is -0.131. The fraction of sp³-hybridized carbons (Fsp3) is 0.615. The van der Waals surface area contributed by atoms with Crippen LogP contribution in [0.15, 0.2) is 10.7 Å². The van der Waals surface area contributed by atoms with Crippen molar-refractivity contribution in [3.8, 4) is 0 Å². The SMILES string of the molecule is CCOC(=O)c1ncc(Br)c(NCC(O)C(C)(C)C)n1. The normalized spacial score (nSPS) is 12.9. The summed E-state index contributed by atoms with van der Waals surface area (Å²) in [6.45, 7) is 8.13. The summed E-state index contributed by atoms with van der Waals surface area (Å²) in [4.78, 5) is 19.6. The number of anilines is 1. The Morgan fingerprint density at radius 3 is 2.75 bits per heavy atom. The van der Waals surface area contributed by atoms with Crippen molar-refractivity contribution < 1.29 is 14.6 Å². The van der Waals surface area contributed by atoms with Crippen LogP contribution >= 0.6 is 15.9 Å². The molecule has 1 rings (SSSR count). The third-order valence-electron chi connectivity index (χ3n) is 2.66. The van der Waals surface area contributed by atoms with Crippen LogP contribution < -0.4 is 5.32 Å². The molecule has 1 unspecified atom stereocenters. The van der Waals surface area contributed by atoms with E-state index in [2.05, 4.69) is 31.2 Å². The maximum Gasteiger partial charge on any atom is 0.376 e. The number of aliphatic hydroxyl groups excluding tert-OH is 1. The van der Waals surface area contributed by atoms with Crippen LogP contribution in [-0.2, 0) is 4.74 Å². The zero-order chi connectivity index (χ0) is 15.3. The lowest BCUT2D eigenvalue weighted by Gasteiger charge is -2.26. The Balaban J connectivity index is 2.79. The van der Waals surface area contributed by atoms with E-state index in [-0.39, 0.29) is 17.8 Å². The fourth-order valence-electron chi connectivity index (χ4n) is 1.28. The van der Waals surface area contributed by atoms with Gasteiger partial charge in [-0.05, 0) is 28.3 Å². The van der Waals surface area contributed by atoms with Gasteiger partial charge in [-0.2, -0.15) is 0 Å². The maximum absolute atomic E-state index is 11.6. The average molecular weight is 346 g/mol. The van der Waals surface area contributed by atoms with Gasteiger partial charge in [-0.1, -0.05) is 20.8 Å². The van der Waals surface area contributed by atoms with E-state index in [1.807, 2.05) is 20.8 Å².